The molecule has 194 valence electrons. The smallest absolute Gasteiger partial charge is 0.417 e. The van der Waals surface area contributed by atoms with Crippen molar-refractivity contribution in [2.45, 2.75) is 33.1 Å². The van der Waals surface area contributed by atoms with Crippen LogP contribution < -0.4 is 19.7 Å². The Bertz CT molecular complexity index is 1220. The van der Waals surface area contributed by atoms with Gasteiger partial charge in [-0.15, -0.1) is 0 Å². The summed E-state index contributed by atoms with van der Waals surface area (Å²) >= 11 is 0. The number of para-hydroxylation sites is 2. The van der Waals surface area contributed by atoms with Gasteiger partial charge in [0.2, 0.25) is 0 Å². The maximum atomic E-state index is 13.4. The average Bonchev–Trinajstić information content (AvgIpc) is 2.93. The summed E-state index contributed by atoms with van der Waals surface area (Å²) in [7, 11) is 1.67. The van der Waals surface area contributed by atoms with Crippen LogP contribution in [0, 0.1) is 6.92 Å². The molecule has 7 heteroatoms. The number of rotatable bonds is 8. The Morgan fingerprint density at radius 2 is 1.68 bits per heavy atom. The third-order valence-corrected chi connectivity index (χ3v) is 6.66. The van der Waals surface area contributed by atoms with E-state index in [-0.39, 0.29) is 5.91 Å². The maximum absolute atomic E-state index is 13.4. The zero-order valence-electron chi connectivity index (χ0n) is 21.8. The first-order valence-electron chi connectivity index (χ1n) is 12.8. The maximum Gasteiger partial charge on any atom is 0.417 e. The van der Waals surface area contributed by atoms with Crippen LogP contribution in [0.3, 0.4) is 0 Å². The third-order valence-electron chi connectivity index (χ3n) is 6.66. The van der Waals surface area contributed by atoms with Gasteiger partial charge in [0.15, 0.2) is 0 Å². The molecule has 0 spiro atoms. The number of carbonyl (C=O) groups is 2. The van der Waals surface area contributed by atoms with Gasteiger partial charge in [-0.25, -0.2) is 4.79 Å². The molecule has 0 aromatic heterocycles. The molecule has 0 atom stereocenters. The number of nitrogens with one attached hydrogen (secondary N) is 1. The Morgan fingerprint density at radius 3 is 2.38 bits per heavy atom. The van der Waals surface area contributed by atoms with Crippen molar-refractivity contribution >= 4 is 23.4 Å². The molecule has 1 heterocycles. The van der Waals surface area contributed by atoms with Crippen molar-refractivity contribution in [3.63, 3.8) is 0 Å². The molecule has 3 aromatic carbocycles. The van der Waals surface area contributed by atoms with Crippen LogP contribution in [-0.2, 0) is 6.42 Å². The molecule has 0 aliphatic carbocycles. The lowest BCUT2D eigenvalue weighted by molar-refractivity contribution is 0.0746. The number of unbranched alkanes of at least 4 members (excludes halogenated alkanes) is 1. The minimum atomic E-state index is -0.589. The fourth-order valence-corrected chi connectivity index (χ4v) is 4.50. The molecule has 0 unspecified atom stereocenters. The number of piperazine rings is 1. The lowest BCUT2D eigenvalue weighted by Gasteiger charge is -2.36. The first-order valence-corrected chi connectivity index (χ1v) is 12.8. The number of methoxy groups -OCH3 is 1. The molecule has 1 saturated heterocycles. The van der Waals surface area contributed by atoms with E-state index in [1.807, 2.05) is 54.3 Å². The molecule has 3 aromatic rings. The molecule has 1 aliphatic heterocycles. The van der Waals surface area contributed by atoms with Gasteiger partial charge in [-0.3, -0.25) is 10.1 Å². The molecule has 0 saturated carbocycles. The fraction of sp³-hybridized carbons (Fsp3) is 0.333. The number of ether oxygens (including phenoxy) is 2. The summed E-state index contributed by atoms with van der Waals surface area (Å²) in [5, 5.41) is 2.75. The van der Waals surface area contributed by atoms with Crippen molar-refractivity contribution in [1.29, 1.82) is 0 Å². The molecule has 37 heavy (non-hydrogen) atoms. The molecule has 1 aliphatic rings. The van der Waals surface area contributed by atoms with Crippen LogP contribution in [0.2, 0.25) is 0 Å². The van der Waals surface area contributed by atoms with Crippen molar-refractivity contribution in [2.75, 3.05) is 43.5 Å². The second kappa shape index (κ2) is 12.3. The summed E-state index contributed by atoms with van der Waals surface area (Å²) in [5.74, 6) is 1.27. The standard InChI is InChI=1S/C30H35N3O4/c1-4-5-8-23-12-15-25(16-13-23)37-30(35)31-24-14-11-22(2)26(21-24)29(34)33-19-17-32(18-20-33)27-9-6-7-10-28(27)36-3/h6-7,9-16,21H,4-5,8,17-20H2,1-3H3,(H,31,35). The van der Waals surface area contributed by atoms with Gasteiger partial charge in [0.05, 0.1) is 12.8 Å². The van der Waals surface area contributed by atoms with Crippen LogP contribution in [-0.4, -0.2) is 50.2 Å². The molecule has 2 amide bonds. The van der Waals surface area contributed by atoms with Crippen molar-refractivity contribution in [3.05, 3.63) is 83.4 Å². The van der Waals surface area contributed by atoms with E-state index < -0.39 is 6.09 Å². The molecule has 0 bridgehead atoms. The summed E-state index contributed by atoms with van der Waals surface area (Å²) in [6.45, 7) is 6.70. The number of benzene rings is 3. The summed E-state index contributed by atoms with van der Waals surface area (Å²) in [4.78, 5) is 29.9. The van der Waals surface area contributed by atoms with E-state index in [9.17, 15) is 9.59 Å². The van der Waals surface area contributed by atoms with Gasteiger partial charge in [-0.05, 0) is 67.3 Å². The van der Waals surface area contributed by atoms with Gasteiger partial charge in [0.1, 0.15) is 11.5 Å². The highest BCUT2D eigenvalue weighted by Gasteiger charge is 2.25. The van der Waals surface area contributed by atoms with E-state index >= 15 is 0 Å². The Hall–Kier alpha value is -4.00. The highest BCUT2D eigenvalue weighted by molar-refractivity contribution is 5.98. The molecule has 1 N–H and O–H groups in total. The number of anilines is 2. The molecule has 1 fully saturated rings. The lowest BCUT2D eigenvalue weighted by Crippen LogP contribution is -2.49. The van der Waals surface area contributed by atoms with Gasteiger partial charge in [-0.1, -0.05) is 43.7 Å². The number of hydrogen-bond acceptors (Lipinski definition) is 5. The van der Waals surface area contributed by atoms with Gasteiger partial charge in [0, 0.05) is 37.4 Å². The van der Waals surface area contributed by atoms with Crippen molar-refractivity contribution in [1.82, 2.24) is 4.90 Å². The number of hydrogen-bond donors (Lipinski definition) is 1. The second-order valence-electron chi connectivity index (χ2n) is 9.24. The van der Waals surface area contributed by atoms with Crippen molar-refractivity contribution < 1.29 is 19.1 Å². The topological polar surface area (TPSA) is 71.1 Å². The predicted octanol–water partition coefficient (Wildman–Crippen LogP) is 5.92. The van der Waals surface area contributed by atoms with E-state index in [0.29, 0.717) is 43.2 Å². The summed E-state index contributed by atoms with van der Waals surface area (Å²) in [6, 6.07) is 20.8. The van der Waals surface area contributed by atoms with Crippen LogP contribution >= 0.6 is 0 Å². The molecule has 4 rings (SSSR count). The minimum Gasteiger partial charge on any atom is -0.495 e. The largest absolute Gasteiger partial charge is 0.495 e. The van der Waals surface area contributed by atoms with E-state index in [4.69, 9.17) is 9.47 Å². The SMILES string of the molecule is CCCCc1ccc(OC(=O)Nc2ccc(C)c(C(=O)N3CCN(c4ccccc4OC)CC3)c2)cc1. The Labute approximate surface area is 219 Å². The van der Waals surface area contributed by atoms with Crippen molar-refractivity contribution in [3.8, 4) is 11.5 Å². The van der Waals surface area contributed by atoms with E-state index in [0.717, 1.165) is 36.3 Å². The van der Waals surface area contributed by atoms with Crippen LogP contribution in [0.1, 0.15) is 41.3 Å². The van der Waals surface area contributed by atoms with Gasteiger partial charge in [-0.2, -0.15) is 0 Å². The Morgan fingerprint density at radius 1 is 0.946 bits per heavy atom. The Balaban J connectivity index is 1.36. The fourth-order valence-electron chi connectivity index (χ4n) is 4.50. The van der Waals surface area contributed by atoms with E-state index in [1.54, 1.807) is 31.4 Å². The normalized spacial score (nSPS) is 13.3. The summed E-state index contributed by atoms with van der Waals surface area (Å²) in [5.41, 5.74) is 4.21. The van der Waals surface area contributed by atoms with Crippen LogP contribution in [0.15, 0.2) is 66.7 Å². The Kier molecular flexibility index (Phi) is 8.67. The lowest BCUT2D eigenvalue weighted by atomic mass is 10.1. The molecule has 0 radical (unpaired) electrons. The zero-order valence-corrected chi connectivity index (χ0v) is 21.8. The minimum absolute atomic E-state index is 0.0446. The van der Waals surface area contributed by atoms with Crippen LogP contribution in [0.5, 0.6) is 11.5 Å². The number of nitrogens with zero attached hydrogens (tertiary/aromatic N) is 2. The highest BCUT2D eigenvalue weighted by Crippen LogP contribution is 2.29. The van der Waals surface area contributed by atoms with Crippen LogP contribution in [0.4, 0.5) is 16.2 Å². The quantitative estimate of drug-likeness (QED) is 0.415. The molecule has 7 nitrogen and oxygen atoms in total. The molecular formula is C30H35N3O4. The third kappa shape index (κ3) is 6.61. The van der Waals surface area contributed by atoms with E-state index in [2.05, 4.69) is 17.1 Å². The average molecular weight is 502 g/mol. The van der Waals surface area contributed by atoms with Gasteiger partial charge < -0.3 is 19.3 Å². The molecular weight excluding hydrogens is 466 g/mol. The van der Waals surface area contributed by atoms with Gasteiger partial charge >= 0.3 is 6.09 Å². The van der Waals surface area contributed by atoms with E-state index in [1.165, 1.54) is 5.56 Å². The zero-order chi connectivity index (χ0) is 26.2. The summed E-state index contributed by atoms with van der Waals surface area (Å²) in [6.07, 6.45) is 2.69. The number of carbonyl (C=O) groups excluding carboxylic acids is 2. The second-order valence-corrected chi connectivity index (χ2v) is 9.24. The predicted molar refractivity (Wildman–Crippen MR) is 147 cm³/mol. The first-order chi connectivity index (χ1) is 18.0. The summed E-state index contributed by atoms with van der Waals surface area (Å²) < 4.78 is 10.9. The van der Waals surface area contributed by atoms with Crippen molar-refractivity contribution in [2.24, 2.45) is 0 Å². The monoisotopic (exact) mass is 501 g/mol. The van der Waals surface area contributed by atoms with Gasteiger partial charge in [0.25, 0.3) is 5.91 Å². The number of aryl methyl sites for hydroxylation is 2. The highest BCUT2D eigenvalue weighted by atomic mass is 16.6. The first kappa shape index (κ1) is 26.1. The number of amides is 2. The van der Waals surface area contributed by atoms with Crippen LogP contribution in [0.25, 0.3) is 0 Å².